The van der Waals surface area contributed by atoms with Crippen LogP contribution >= 0.6 is 0 Å². The van der Waals surface area contributed by atoms with E-state index in [9.17, 15) is 5.11 Å². The first-order valence-electron chi connectivity index (χ1n) is 4.12. The van der Waals surface area contributed by atoms with Crippen LogP contribution in [0.2, 0.25) is 0 Å². The maximum Gasteiger partial charge on any atom is 0.0626 e. The fraction of sp³-hybridized carbons (Fsp3) is 1.00. The highest BCUT2D eigenvalue weighted by molar-refractivity contribution is 4.73. The highest BCUT2D eigenvalue weighted by Gasteiger charge is 2.22. The minimum absolute atomic E-state index is 0.115. The second-order valence-electron chi connectivity index (χ2n) is 3.89. The molecule has 0 saturated carbocycles. The number of methoxy groups -OCH3 is 1. The fourth-order valence-electron chi connectivity index (χ4n) is 1.03. The summed E-state index contributed by atoms with van der Waals surface area (Å²) < 4.78 is 5.25. The van der Waals surface area contributed by atoms with Crippen LogP contribution in [0.4, 0.5) is 0 Å². The van der Waals surface area contributed by atoms with E-state index in [2.05, 4.69) is 0 Å². The minimum Gasteiger partial charge on any atom is -0.393 e. The van der Waals surface area contributed by atoms with Crippen molar-refractivity contribution in [3.05, 3.63) is 0 Å². The molecule has 0 saturated heterocycles. The highest BCUT2D eigenvalue weighted by atomic mass is 16.5. The van der Waals surface area contributed by atoms with Gasteiger partial charge in [0.2, 0.25) is 0 Å². The molecule has 1 N–H and O–H groups in total. The number of hydrogen-bond acceptors (Lipinski definition) is 2. The van der Waals surface area contributed by atoms with E-state index in [4.69, 9.17) is 4.74 Å². The van der Waals surface area contributed by atoms with Crippen molar-refractivity contribution < 1.29 is 9.84 Å². The van der Waals surface area contributed by atoms with Gasteiger partial charge >= 0.3 is 0 Å². The number of hydrogen-bond donors (Lipinski definition) is 1. The molecule has 0 aromatic heterocycles. The van der Waals surface area contributed by atoms with Gasteiger partial charge in [0.15, 0.2) is 0 Å². The Morgan fingerprint density at radius 1 is 1.36 bits per heavy atom. The minimum atomic E-state index is -0.246. The molecule has 0 aromatic carbocycles. The second-order valence-corrected chi connectivity index (χ2v) is 3.89. The molecule has 0 aromatic rings. The Bertz CT molecular complexity index is 108. The van der Waals surface area contributed by atoms with E-state index in [-0.39, 0.29) is 11.7 Å². The molecule has 2 nitrogen and oxygen atoms in total. The lowest BCUT2D eigenvalue weighted by Crippen LogP contribution is -2.29. The van der Waals surface area contributed by atoms with Crippen LogP contribution in [-0.4, -0.2) is 23.9 Å². The predicted molar refractivity (Wildman–Crippen MR) is 46.5 cm³/mol. The van der Waals surface area contributed by atoms with Crippen LogP contribution < -0.4 is 0 Å². The van der Waals surface area contributed by atoms with Gasteiger partial charge in [-0.1, -0.05) is 6.92 Å². The van der Waals surface area contributed by atoms with E-state index in [1.54, 1.807) is 7.11 Å². The molecule has 2 atom stereocenters. The molecule has 2 heteroatoms. The molecule has 0 spiro atoms. The Hall–Kier alpha value is -0.0800. The Balaban J connectivity index is 3.83. The monoisotopic (exact) mass is 160 g/mol. The van der Waals surface area contributed by atoms with E-state index in [0.29, 0.717) is 5.92 Å². The maximum absolute atomic E-state index is 9.22. The molecule has 0 heterocycles. The number of aliphatic hydroxyl groups is 1. The van der Waals surface area contributed by atoms with Crippen molar-refractivity contribution in [1.82, 2.24) is 0 Å². The van der Waals surface area contributed by atoms with Gasteiger partial charge < -0.3 is 9.84 Å². The molecule has 0 fully saturated rings. The largest absolute Gasteiger partial charge is 0.393 e. The Kier molecular flexibility index (Phi) is 4.04. The summed E-state index contributed by atoms with van der Waals surface area (Å²) in [7, 11) is 1.70. The van der Waals surface area contributed by atoms with E-state index in [1.807, 2.05) is 27.7 Å². The number of aliphatic hydroxyl groups excluding tert-OH is 1. The summed E-state index contributed by atoms with van der Waals surface area (Å²) in [6.07, 6.45) is 0.644. The van der Waals surface area contributed by atoms with E-state index < -0.39 is 0 Å². The van der Waals surface area contributed by atoms with Crippen molar-refractivity contribution in [2.24, 2.45) is 5.92 Å². The molecule has 0 aliphatic rings. The second kappa shape index (κ2) is 4.07. The van der Waals surface area contributed by atoms with Gasteiger partial charge in [-0.05, 0) is 33.1 Å². The van der Waals surface area contributed by atoms with Crippen molar-refractivity contribution in [2.45, 2.75) is 45.8 Å². The Morgan fingerprint density at radius 3 is 2.09 bits per heavy atom. The predicted octanol–water partition coefficient (Wildman–Crippen LogP) is 1.82. The third-order valence-electron chi connectivity index (χ3n) is 2.19. The third-order valence-corrected chi connectivity index (χ3v) is 2.19. The highest BCUT2D eigenvalue weighted by Crippen LogP contribution is 2.21. The normalized spacial score (nSPS) is 18.0. The molecule has 11 heavy (non-hydrogen) atoms. The van der Waals surface area contributed by atoms with Crippen molar-refractivity contribution >= 4 is 0 Å². The quantitative estimate of drug-likeness (QED) is 0.679. The van der Waals surface area contributed by atoms with Gasteiger partial charge in [0.1, 0.15) is 0 Å². The summed E-state index contributed by atoms with van der Waals surface area (Å²) >= 11 is 0. The zero-order valence-electron chi connectivity index (χ0n) is 8.22. The van der Waals surface area contributed by atoms with Crippen LogP contribution in [0.15, 0.2) is 0 Å². The van der Waals surface area contributed by atoms with Crippen molar-refractivity contribution in [3.63, 3.8) is 0 Å². The summed E-state index contributed by atoms with van der Waals surface area (Å²) in [4.78, 5) is 0. The van der Waals surface area contributed by atoms with E-state index >= 15 is 0 Å². The van der Waals surface area contributed by atoms with Crippen LogP contribution in [0.3, 0.4) is 0 Å². The zero-order chi connectivity index (χ0) is 9.07. The van der Waals surface area contributed by atoms with Gasteiger partial charge in [-0.2, -0.15) is 0 Å². The molecule has 68 valence electrons. The van der Waals surface area contributed by atoms with Gasteiger partial charge in [0.25, 0.3) is 0 Å². The summed E-state index contributed by atoms with van der Waals surface area (Å²) in [6, 6.07) is 0. The molecule has 2 unspecified atom stereocenters. The molecule has 0 radical (unpaired) electrons. The lowest BCUT2D eigenvalue weighted by atomic mass is 9.91. The first kappa shape index (κ1) is 10.9. The molecule has 0 amide bonds. The number of rotatable bonds is 4. The smallest absolute Gasteiger partial charge is 0.0626 e. The van der Waals surface area contributed by atoms with Crippen molar-refractivity contribution in [2.75, 3.05) is 7.11 Å². The molecule has 0 rings (SSSR count). The molecule has 0 aliphatic heterocycles. The van der Waals surface area contributed by atoms with Crippen LogP contribution in [-0.2, 0) is 4.74 Å². The topological polar surface area (TPSA) is 29.5 Å². The summed E-state index contributed by atoms with van der Waals surface area (Å²) in [5.74, 6) is 0.296. The van der Waals surface area contributed by atoms with Crippen LogP contribution in [0, 0.1) is 5.92 Å². The number of ether oxygens (including phenoxy) is 1. The Morgan fingerprint density at radius 2 is 1.82 bits per heavy atom. The standard InChI is InChI=1S/C9H20O2/c1-7(8(2)10)6-9(3,4)11-5/h7-8,10H,6H2,1-5H3. The van der Waals surface area contributed by atoms with Gasteiger partial charge in [-0.15, -0.1) is 0 Å². The SMILES string of the molecule is COC(C)(C)CC(C)C(C)O. The van der Waals surface area contributed by atoms with Crippen LogP contribution in [0.1, 0.15) is 34.1 Å². The lowest BCUT2D eigenvalue weighted by Gasteiger charge is -2.27. The molecular formula is C9H20O2. The molecular weight excluding hydrogens is 140 g/mol. The Labute approximate surface area is 69.6 Å². The first-order chi connectivity index (χ1) is 4.89. The van der Waals surface area contributed by atoms with Crippen molar-refractivity contribution in [3.8, 4) is 0 Å². The summed E-state index contributed by atoms with van der Waals surface area (Å²) in [5, 5.41) is 9.22. The fourth-order valence-corrected chi connectivity index (χ4v) is 1.03. The van der Waals surface area contributed by atoms with Crippen LogP contribution in [0.5, 0.6) is 0 Å². The average Bonchev–Trinajstić information content (AvgIpc) is 1.87. The average molecular weight is 160 g/mol. The lowest BCUT2D eigenvalue weighted by molar-refractivity contribution is -0.0138. The summed E-state index contributed by atoms with van der Waals surface area (Å²) in [5.41, 5.74) is -0.115. The van der Waals surface area contributed by atoms with E-state index in [0.717, 1.165) is 6.42 Å². The molecule has 0 aliphatic carbocycles. The zero-order valence-corrected chi connectivity index (χ0v) is 8.22. The maximum atomic E-state index is 9.22. The van der Waals surface area contributed by atoms with Gasteiger partial charge in [0, 0.05) is 7.11 Å². The third kappa shape index (κ3) is 4.38. The summed E-state index contributed by atoms with van der Waals surface area (Å²) in [6.45, 7) is 7.92. The van der Waals surface area contributed by atoms with Gasteiger partial charge in [-0.3, -0.25) is 0 Å². The van der Waals surface area contributed by atoms with E-state index in [1.165, 1.54) is 0 Å². The van der Waals surface area contributed by atoms with Crippen LogP contribution in [0.25, 0.3) is 0 Å². The first-order valence-corrected chi connectivity index (χ1v) is 4.12. The van der Waals surface area contributed by atoms with Gasteiger partial charge in [0.05, 0.1) is 11.7 Å². The van der Waals surface area contributed by atoms with Gasteiger partial charge in [-0.25, -0.2) is 0 Å². The molecule has 0 bridgehead atoms. The van der Waals surface area contributed by atoms with Crippen molar-refractivity contribution in [1.29, 1.82) is 0 Å².